The van der Waals surface area contributed by atoms with Gasteiger partial charge in [0.1, 0.15) is 17.7 Å². The van der Waals surface area contributed by atoms with Crippen molar-refractivity contribution in [3.8, 4) is 0 Å². The fraction of sp³-hybridized carbons (Fsp3) is 0.559. The predicted octanol–water partition coefficient (Wildman–Crippen LogP) is 6.81. The summed E-state index contributed by atoms with van der Waals surface area (Å²) in [5.41, 5.74) is 2.14. The number of carbonyl (C=O) groups excluding carboxylic acids is 3. The van der Waals surface area contributed by atoms with Crippen LogP contribution in [0.5, 0.6) is 0 Å². The van der Waals surface area contributed by atoms with Gasteiger partial charge in [0.15, 0.2) is 0 Å². The van der Waals surface area contributed by atoms with Crippen molar-refractivity contribution < 1.29 is 19.1 Å². The molecule has 7 nitrogen and oxygen atoms in total. The summed E-state index contributed by atoms with van der Waals surface area (Å²) in [5, 5.41) is 5.89. The van der Waals surface area contributed by atoms with E-state index in [0.717, 1.165) is 36.0 Å². The van der Waals surface area contributed by atoms with Crippen LogP contribution in [0, 0.1) is 11.8 Å². The summed E-state index contributed by atoms with van der Waals surface area (Å²) >= 11 is 0. The maximum absolute atomic E-state index is 14.5. The summed E-state index contributed by atoms with van der Waals surface area (Å²) in [6.07, 6.45) is 1.82. The largest absolute Gasteiger partial charge is 0.444 e. The van der Waals surface area contributed by atoms with E-state index in [0.29, 0.717) is 12.5 Å². The molecule has 0 fully saturated rings. The van der Waals surface area contributed by atoms with E-state index in [-0.39, 0.29) is 23.8 Å². The fourth-order valence-electron chi connectivity index (χ4n) is 4.68. The molecule has 0 aliphatic carbocycles. The van der Waals surface area contributed by atoms with E-state index >= 15 is 0 Å². The molecule has 2 N–H and O–H groups in total. The van der Waals surface area contributed by atoms with Gasteiger partial charge in [-0.3, -0.25) is 9.59 Å². The minimum atomic E-state index is -0.874. The second-order valence-electron chi connectivity index (χ2n) is 12.6. The molecule has 0 bridgehead atoms. The third kappa shape index (κ3) is 10.9. The molecular formula is C34H51N3O4. The summed E-state index contributed by atoms with van der Waals surface area (Å²) in [6, 6.07) is 15.6. The van der Waals surface area contributed by atoms with Crippen LogP contribution in [0.25, 0.3) is 0 Å². The predicted molar refractivity (Wildman–Crippen MR) is 165 cm³/mol. The highest BCUT2D eigenvalue weighted by molar-refractivity contribution is 5.92. The number of benzene rings is 2. The zero-order valence-electron chi connectivity index (χ0n) is 26.5. The third-order valence-corrected chi connectivity index (χ3v) is 7.04. The second kappa shape index (κ2) is 15.6. The molecule has 0 radical (unpaired) electrons. The lowest BCUT2D eigenvalue weighted by Crippen LogP contribution is -2.57. The van der Waals surface area contributed by atoms with Gasteiger partial charge < -0.3 is 20.3 Å². The molecule has 0 heterocycles. The van der Waals surface area contributed by atoms with Crippen molar-refractivity contribution in [3.63, 3.8) is 0 Å². The van der Waals surface area contributed by atoms with Crippen molar-refractivity contribution in [1.29, 1.82) is 0 Å². The van der Waals surface area contributed by atoms with Crippen molar-refractivity contribution >= 4 is 17.9 Å². The number of hydrogen-bond donors (Lipinski definition) is 2. The number of amides is 3. The van der Waals surface area contributed by atoms with Crippen LogP contribution >= 0.6 is 0 Å². The van der Waals surface area contributed by atoms with Crippen molar-refractivity contribution in [3.05, 3.63) is 71.3 Å². The summed E-state index contributed by atoms with van der Waals surface area (Å²) in [5.74, 6) is -0.362. The van der Waals surface area contributed by atoms with Gasteiger partial charge in [-0.25, -0.2) is 4.79 Å². The van der Waals surface area contributed by atoms with Crippen LogP contribution < -0.4 is 10.6 Å². The lowest BCUT2D eigenvalue weighted by Gasteiger charge is -2.39. The normalized spacial score (nSPS) is 13.8. The average Bonchev–Trinajstić information content (AvgIpc) is 2.91. The van der Waals surface area contributed by atoms with Gasteiger partial charge in [-0.15, -0.1) is 0 Å². The quantitative estimate of drug-likeness (QED) is 0.279. The Morgan fingerprint density at radius 3 is 1.98 bits per heavy atom. The molecule has 41 heavy (non-hydrogen) atoms. The highest BCUT2D eigenvalue weighted by Gasteiger charge is 2.39. The molecule has 3 amide bonds. The first kappa shape index (κ1) is 33.9. The topological polar surface area (TPSA) is 87.7 Å². The third-order valence-electron chi connectivity index (χ3n) is 7.04. The van der Waals surface area contributed by atoms with Gasteiger partial charge in [-0.2, -0.15) is 0 Å². The number of nitrogens with zero attached hydrogens (tertiary/aromatic N) is 1. The summed E-state index contributed by atoms with van der Waals surface area (Å²) in [6.45, 7) is 17.8. The lowest BCUT2D eigenvalue weighted by molar-refractivity contribution is -0.146. The lowest BCUT2D eigenvalue weighted by atomic mass is 9.94. The first-order chi connectivity index (χ1) is 19.2. The maximum Gasteiger partial charge on any atom is 0.408 e. The zero-order chi connectivity index (χ0) is 30.7. The smallest absolute Gasteiger partial charge is 0.408 e. The van der Waals surface area contributed by atoms with Crippen molar-refractivity contribution in [2.75, 3.05) is 0 Å². The van der Waals surface area contributed by atoms with Gasteiger partial charge in [0.2, 0.25) is 11.8 Å². The Bertz CT molecular complexity index is 1110. The number of alkyl carbamates (subject to hydrolysis) is 1. The molecule has 0 spiro atoms. The number of rotatable bonds is 13. The highest BCUT2D eigenvalue weighted by Crippen LogP contribution is 2.29. The summed E-state index contributed by atoms with van der Waals surface area (Å²) < 4.78 is 5.49. The van der Waals surface area contributed by atoms with E-state index in [1.807, 2.05) is 75.4 Å². The molecule has 0 aliphatic rings. The van der Waals surface area contributed by atoms with E-state index in [4.69, 9.17) is 4.74 Å². The maximum atomic E-state index is 14.5. The number of nitrogens with one attached hydrogen (secondary N) is 2. The molecule has 0 saturated carbocycles. The molecular weight excluding hydrogens is 514 g/mol. The minimum Gasteiger partial charge on any atom is -0.444 e. The molecule has 226 valence electrons. The zero-order valence-corrected chi connectivity index (χ0v) is 26.5. The first-order valence-corrected chi connectivity index (χ1v) is 15.0. The Hall–Kier alpha value is -3.35. The standard InChI is InChI=1S/C34H51N3O4/c1-10-26-18-20-28(21-19-26)30(31(38)35-22-27-14-12-11-13-15-27)37(25(6)17-16-23(2)3)32(39)29(24(4)5)36-33(40)41-34(7,8)9/h11-15,18-21,23-25,29-30H,10,16-17,22H2,1-9H3,(H,35,38)(H,36,40). The minimum absolute atomic E-state index is 0.231. The number of hydrogen-bond acceptors (Lipinski definition) is 4. The van der Waals surface area contributed by atoms with Crippen LogP contribution in [0.15, 0.2) is 54.6 Å². The Morgan fingerprint density at radius 2 is 1.46 bits per heavy atom. The second-order valence-corrected chi connectivity index (χ2v) is 12.6. The number of aryl methyl sites for hydroxylation is 1. The molecule has 2 aromatic carbocycles. The monoisotopic (exact) mass is 565 g/mol. The summed E-state index contributed by atoms with van der Waals surface area (Å²) in [4.78, 5) is 43.0. The van der Waals surface area contributed by atoms with Crippen molar-refractivity contribution in [1.82, 2.24) is 15.5 Å². The van der Waals surface area contributed by atoms with Gasteiger partial charge in [0, 0.05) is 12.6 Å². The SMILES string of the molecule is CCc1ccc(C(C(=O)NCc2ccccc2)N(C(=O)C(NC(=O)OC(C)(C)C)C(C)C)C(C)CCC(C)C)cc1. The van der Waals surface area contributed by atoms with Crippen LogP contribution in [0.3, 0.4) is 0 Å². The highest BCUT2D eigenvalue weighted by atomic mass is 16.6. The summed E-state index contributed by atoms with van der Waals surface area (Å²) in [7, 11) is 0. The average molecular weight is 566 g/mol. The van der Waals surface area contributed by atoms with Crippen LogP contribution in [-0.2, 0) is 27.3 Å². The van der Waals surface area contributed by atoms with Gasteiger partial charge in [-0.1, -0.05) is 89.2 Å². The van der Waals surface area contributed by atoms with Gasteiger partial charge in [-0.05, 0) is 75.5 Å². The molecule has 3 unspecified atom stereocenters. The first-order valence-electron chi connectivity index (χ1n) is 15.0. The van der Waals surface area contributed by atoms with Crippen LogP contribution in [0.2, 0.25) is 0 Å². The van der Waals surface area contributed by atoms with E-state index in [9.17, 15) is 14.4 Å². The van der Waals surface area contributed by atoms with Crippen LogP contribution in [-0.4, -0.2) is 40.5 Å². The molecule has 2 aromatic rings. The van der Waals surface area contributed by atoms with E-state index < -0.39 is 23.8 Å². The molecule has 0 aromatic heterocycles. The van der Waals surface area contributed by atoms with Crippen molar-refractivity contribution in [2.45, 2.75) is 112 Å². The van der Waals surface area contributed by atoms with Gasteiger partial charge in [0.25, 0.3) is 0 Å². The Labute approximate surface area is 247 Å². The molecule has 7 heteroatoms. The van der Waals surface area contributed by atoms with E-state index in [1.165, 1.54) is 0 Å². The Morgan fingerprint density at radius 1 is 0.854 bits per heavy atom. The van der Waals surface area contributed by atoms with Crippen molar-refractivity contribution in [2.24, 2.45) is 11.8 Å². The van der Waals surface area contributed by atoms with E-state index in [1.54, 1.807) is 25.7 Å². The molecule has 2 rings (SSSR count). The fourth-order valence-corrected chi connectivity index (χ4v) is 4.68. The Balaban J connectivity index is 2.55. The van der Waals surface area contributed by atoms with Gasteiger partial charge >= 0.3 is 6.09 Å². The van der Waals surface area contributed by atoms with Crippen LogP contribution in [0.4, 0.5) is 4.79 Å². The molecule has 0 saturated heterocycles. The van der Waals surface area contributed by atoms with Gasteiger partial charge in [0.05, 0.1) is 0 Å². The molecule has 0 aliphatic heterocycles. The van der Waals surface area contributed by atoms with Crippen LogP contribution in [0.1, 0.15) is 97.9 Å². The van der Waals surface area contributed by atoms with E-state index in [2.05, 4.69) is 31.4 Å². The molecule has 3 atom stereocenters. The number of ether oxygens (including phenoxy) is 1. The number of carbonyl (C=O) groups is 3. The Kier molecular flexibility index (Phi) is 12.9.